The zero-order valence-electron chi connectivity index (χ0n) is 10.5. The van der Waals surface area contributed by atoms with E-state index in [4.69, 9.17) is 0 Å². The highest BCUT2D eigenvalue weighted by molar-refractivity contribution is 5.24. The normalized spacial score (nSPS) is 14.8. The van der Waals surface area contributed by atoms with E-state index in [-0.39, 0.29) is 6.10 Å². The van der Waals surface area contributed by atoms with E-state index in [1.54, 1.807) is 6.92 Å². The molecule has 0 amide bonds. The molecule has 2 atom stereocenters. The van der Waals surface area contributed by atoms with Gasteiger partial charge in [0, 0.05) is 12.6 Å². The van der Waals surface area contributed by atoms with Gasteiger partial charge in [-0.2, -0.15) is 0 Å². The first-order valence-corrected chi connectivity index (χ1v) is 6.13. The Labute approximate surface area is 98.7 Å². The molecule has 0 radical (unpaired) electrons. The maximum atomic E-state index is 9.20. The van der Waals surface area contributed by atoms with Crippen LogP contribution in [0.15, 0.2) is 24.3 Å². The van der Waals surface area contributed by atoms with Crippen LogP contribution in [0.4, 0.5) is 0 Å². The molecule has 0 aromatic heterocycles. The maximum absolute atomic E-state index is 9.20. The smallest absolute Gasteiger partial charge is 0.0636 e. The van der Waals surface area contributed by atoms with Crippen molar-refractivity contribution in [2.45, 2.75) is 45.8 Å². The molecule has 1 aromatic carbocycles. The van der Waals surface area contributed by atoms with Gasteiger partial charge in [0.1, 0.15) is 0 Å². The van der Waals surface area contributed by atoms with Crippen molar-refractivity contribution in [1.29, 1.82) is 0 Å². The molecule has 1 aromatic rings. The number of aliphatic hydroxyl groups is 1. The molecule has 90 valence electrons. The fourth-order valence-corrected chi connectivity index (χ4v) is 1.73. The molecule has 0 heterocycles. The van der Waals surface area contributed by atoms with Crippen molar-refractivity contribution in [1.82, 2.24) is 5.32 Å². The summed E-state index contributed by atoms with van der Waals surface area (Å²) >= 11 is 0. The number of aryl methyl sites for hydroxylation is 1. The van der Waals surface area contributed by atoms with Gasteiger partial charge in [-0.3, -0.25) is 0 Å². The van der Waals surface area contributed by atoms with E-state index in [0.29, 0.717) is 12.6 Å². The van der Waals surface area contributed by atoms with Crippen molar-refractivity contribution in [3.8, 4) is 0 Å². The van der Waals surface area contributed by atoms with Crippen LogP contribution in [-0.2, 0) is 6.42 Å². The summed E-state index contributed by atoms with van der Waals surface area (Å²) in [5.74, 6) is 0. The van der Waals surface area contributed by atoms with Gasteiger partial charge in [-0.25, -0.2) is 0 Å². The molecule has 2 unspecified atom stereocenters. The summed E-state index contributed by atoms with van der Waals surface area (Å²) in [6.45, 7) is 6.75. The van der Waals surface area contributed by atoms with Crippen LogP contribution < -0.4 is 5.32 Å². The van der Waals surface area contributed by atoms with Gasteiger partial charge in [0.15, 0.2) is 0 Å². The lowest BCUT2D eigenvalue weighted by molar-refractivity contribution is 0.187. The second-order valence-corrected chi connectivity index (χ2v) is 4.47. The first-order valence-electron chi connectivity index (χ1n) is 6.13. The lowest BCUT2D eigenvalue weighted by Gasteiger charge is -2.15. The molecular weight excluding hydrogens is 198 g/mol. The minimum atomic E-state index is -0.290. The molecule has 16 heavy (non-hydrogen) atoms. The molecule has 0 aliphatic carbocycles. The molecular formula is C14H23NO. The summed E-state index contributed by atoms with van der Waals surface area (Å²) in [7, 11) is 0. The van der Waals surface area contributed by atoms with Crippen molar-refractivity contribution >= 4 is 0 Å². The Morgan fingerprint density at radius 1 is 1.19 bits per heavy atom. The molecule has 0 saturated heterocycles. The van der Waals surface area contributed by atoms with Gasteiger partial charge in [0.05, 0.1) is 6.10 Å². The lowest BCUT2D eigenvalue weighted by Crippen LogP contribution is -2.27. The van der Waals surface area contributed by atoms with Gasteiger partial charge in [-0.05, 0) is 31.4 Å². The van der Waals surface area contributed by atoms with Crippen LogP contribution in [0, 0.1) is 0 Å². The van der Waals surface area contributed by atoms with Gasteiger partial charge in [0.2, 0.25) is 0 Å². The molecule has 0 aliphatic rings. The molecule has 2 heteroatoms. The van der Waals surface area contributed by atoms with Gasteiger partial charge < -0.3 is 10.4 Å². The van der Waals surface area contributed by atoms with E-state index in [0.717, 1.165) is 6.42 Å². The first-order chi connectivity index (χ1) is 7.63. The summed E-state index contributed by atoms with van der Waals surface area (Å²) in [6, 6.07) is 9.03. The molecule has 1 rings (SSSR count). The van der Waals surface area contributed by atoms with Gasteiger partial charge >= 0.3 is 0 Å². The van der Waals surface area contributed by atoms with Crippen LogP contribution >= 0.6 is 0 Å². The fraction of sp³-hybridized carbons (Fsp3) is 0.571. The van der Waals surface area contributed by atoms with Crippen molar-refractivity contribution in [3.05, 3.63) is 35.4 Å². The highest BCUT2D eigenvalue weighted by Gasteiger charge is 2.05. The number of benzene rings is 1. The predicted molar refractivity (Wildman–Crippen MR) is 68.5 cm³/mol. The van der Waals surface area contributed by atoms with Crippen molar-refractivity contribution in [3.63, 3.8) is 0 Å². The molecule has 2 nitrogen and oxygen atoms in total. The zero-order valence-corrected chi connectivity index (χ0v) is 10.5. The van der Waals surface area contributed by atoms with E-state index in [9.17, 15) is 5.11 Å². The summed E-state index contributed by atoms with van der Waals surface area (Å²) in [6.07, 6.45) is 2.05. The van der Waals surface area contributed by atoms with E-state index in [1.165, 1.54) is 17.5 Å². The fourth-order valence-electron chi connectivity index (χ4n) is 1.73. The standard InChI is InChI=1S/C14H23NO/c1-4-5-13-6-8-14(9-7-13)12(3)15-10-11(2)16/h6-9,11-12,15-16H,4-5,10H2,1-3H3. The summed E-state index contributed by atoms with van der Waals surface area (Å²) in [4.78, 5) is 0. The van der Waals surface area contributed by atoms with Crippen LogP contribution in [-0.4, -0.2) is 17.8 Å². The highest BCUT2D eigenvalue weighted by Crippen LogP contribution is 2.14. The molecule has 2 N–H and O–H groups in total. The van der Waals surface area contributed by atoms with Crippen LogP contribution in [0.2, 0.25) is 0 Å². The topological polar surface area (TPSA) is 32.3 Å². The number of hydrogen-bond acceptors (Lipinski definition) is 2. The average molecular weight is 221 g/mol. The third kappa shape index (κ3) is 4.33. The predicted octanol–water partition coefficient (Wildman–Crippen LogP) is 2.67. The number of hydrogen-bond donors (Lipinski definition) is 2. The molecule has 0 aliphatic heterocycles. The Kier molecular flexibility index (Phi) is 5.50. The molecule has 0 bridgehead atoms. The number of nitrogens with one attached hydrogen (secondary N) is 1. The van der Waals surface area contributed by atoms with E-state index >= 15 is 0 Å². The third-order valence-corrected chi connectivity index (χ3v) is 2.74. The van der Waals surface area contributed by atoms with Crippen molar-refractivity contribution < 1.29 is 5.11 Å². The average Bonchev–Trinajstić information content (AvgIpc) is 2.27. The van der Waals surface area contributed by atoms with Crippen LogP contribution in [0.1, 0.15) is 44.4 Å². The molecule has 0 fully saturated rings. The third-order valence-electron chi connectivity index (χ3n) is 2.74. The summed E-state index contributed by atoms with van der Waals surface area (Å²) < 4.78 is 0. The number of aliphatic hydroxyl groups excluding tert-OH is 1. The van der Waals surface area contributed by atoms with Crippen molar-refractivity contribution in [2.75, 3.05) is 6.54 Å². The molecule has 0 spiro atoms. The van der Waals surface area contributed by atoms with Gasteiger partial charge in [-0.1, -0.05) is 37.6 Å². The van der Waals surface area contributed by atoms with Crippen LogP contribution in [0.5, 0.6) is 0 Å². The zero-order chi connectivity index (χ0) is 12.0. The lowest BCUT2D eigenvalue weighted by atomic mass is 10.0. The van der Waals surface area contributed by atoms with E-state index < -0.39 is 0 Å². The minimum Gasteiger partial charge on any atom is -0.392 e. The minimum absolute atomic E-state index is 0.290. The number of rotatable bonds is 6. The van der Waals surface area contributed by atoms with E-state index in [2.05, 4.69) is 43.4 Å². The van der Waals surface area contributed by atoms with Gasteiger partial charge in [0.25, 0.3) is 0 Å². The largest absolute Gasteiger partial charge is 0.392 e. The summed E-state index contributed by atoms with van der Waals surface area (Å²) in [5.41, 5.74) is 2.68. The van der Waals surface area contributed by atoms with Gasteiger partial charge in [-0.15, -0.1) is 0 Å². The first kappa shape index (κ1) is 13.2. The van der Waals surface area contributed by atoms with Crippen LogP contribution in [0.3, 0.4) is 0 Å². The second-order valence-electron chi connectivity index (χ2n) is 4.47. The highest BCUT2D eigenvalue weighted by atomic mass is 16.3. The Hall–Kier alpha value is -0.860. The maximum Gasteiger partial charge on any atom is 0.0636 e. The van der Waals surface area contributed by atoms with Crippen molar-refractivity contribution in [2.24, 2.45) is 0 Å². The SMILES string of the molecule is CCCc1ccc(C(C)NCC(C)O)cc1. The Morgan fingerprint density at radius 2 is 1.81 bits per heavy atom. The summed E-state index contributed by atoms with van der Waals surface area (Å²) in [5, 5.41) is 12.5. The van der Waals surface area contributed by atoms with Crippen LogP contribution in [0.25, 0.3) is 0 Å². The van der Waals surface area contributed by atoms with E-state index in [1.807, 2.05) is 0 Å². The monoisotopic (exact) mass is 221 g/mol. The molecule has 0 saturated carbocycles. The Balaban J connectivity index is 2.52. The quantitative estimate of drug-likeness (QED) is 0.774. The Morgan fingerprint density at radius 3 is 2.31 bits per heavy atom. The second kappa shape index (κ2) is 6.66. The Bertz CT molecular complexity index is 292.